The number of benzene rings is 1. The summed E-state index contributed by atoms with van der Waals surface area (Å²) in [5.74, 6) is -0.0110. The first-order chi connectivity index (χ1) is 9.15. The minimum Gasteiger partial charge on any atom is -0.397 e. The first-order valence-corrected chi connectivity index (χ1v) is 6.62. The zero-order valence-electron chi connectivity index (χ0n) is 11.5. The van der Waals surface area contributed by atoms with Crippen molar-refractivity contribution in [1.82, 2.24) is 5.32 Å². The van der Waals surface area contributed by atoms with Crippen LogP contribution in [-0.2, 0) is 9.53 Å². The molecule has 1 fully saturated rings. The summed E-state index contributed by atoms with van der Waals surface area (Å²) in [6, 6.07) is 5.59. The number of rotatable bonds is 3. The number of likely N-dealkylation sites (N-methyl/N-ethyl adjacent to an activating group) is 1. The van der Waals surface area contributed by atoms with Crippen molar-refractivity contribution in [3.8, 4) is 0 Å². The number of nitrogen functional groups attached to an aromatic ring is 1. The molecule has 0 aromatic heterocycles. The van der Waals surface area contributed by atoms with E-state index in [1.807, 2.05) is 36.9 Å². The second-order valence-corrected chi connectivity index (χ2v) is 4.69. The maximum atomic E-state index is 12.1. The number of amides is 1. The van der Waals surface area contributed by atoms with Gasteiger partial charge in [0.15, 0.2) is 0 Å². The van der Waals surface area contributed by atoms with Gasteiger partial charge in [-0.25, -0.2) is 0 Å². The first-order valence-electron chi connectivity index (χ1n) is 6.62. The van der Waals surface area contributed by atoms with Crippen molar-refractivity contribution < 1.29 is 9.53 Å². The number of ether oxygens (including phenoxy) is 1. The smallest absolute Gasteiger partial charge is 0.245 e. The highest BCUT2D eigenvalue weighted by Crippen LogP contribution is 2.28. The Bertz CT molecular complexity index is 462. The molecule has 0 saturated carbocycles. The van der Waals surface area contributed by atoms with E-state index in [0.717, 1.165) is 16.9 Å². The van der Waals surface area contributed by atoms with Crippen LogP contribution in [0.15, 0.2) is 18.2 Å². The molecule has 0 bridgehead atoms. The predicted molar refractivity (Wildman–Crippen MR) is 76.2 cm³/mol. The molecule has 1 aromatic rings. The second-order valence-electron chi connectivity index (χ2n) is 4.69. The highest BCUT2D eigenvalue weighted by Gasteiger charge is 2.30. The molecule has 0 radical (unpaired) electrons. The Morgan fingerprint density at radius 2 is 2.37 bits per heavy atom. The molecule has 1 atom stereocenters. The zero-order chi connectivity index (χ0) is 13.8. The van der Waals surface area contributed by atoms with Gasteiger partial charge in [0.2, 0.25) is 5.91 Å². The highest BCUT2D eigenvalue weighted by atomic mass is 16.5. The number of nitrogens with zero attached hydrogens (tertiary/aromatic N) is 1. The Labute approximate surface area is 113 Å². The van der Waals surface area contributed by atoms with Crippen molar-refractivity contribution in [2.75, 3.05) is 36.9 Å². The summed E-state index contributed by atoms with van der Waals surface area (Å²) >= 11 is 0. The Hall–Kier alpha value is -1.75. The fourth-order valence-electron chi connectivity index (χ4n) is 2.32. The topological polar surface area (TPSA) is 67.6 Å². The van der Waals surface area contributed by atoms with Crippen molar-refractivity contribution in [3.05, 3.63) is 23.8 Å². The maximum absolute atomic E-state index is 12.1. The largest absolute Gasteiger partial charge is 0.397 e. The minimum atomic E-state index is -0.308. The van der Waals surface area contributed by atoms with E-state index in [2.05, 4.69) is 5.32 Å². The van der Waals surface area contributed by atoms with Crippen LogP contribution in [0.5, 0.6) is 0 Å². The van der Waals surface area contributed by atoms with Crippen LogP contribution in [0.3, 0.4) is 0 Å². The third-order valence-electron chi connectivity index (χ3n) is 3.39. The van der Waals surface area contributed by atoms with Gasteiger partial charge in [0.05, 0.1) is 24.6 Å². The average molecular weight is 263 g/mol. The van der Waals surface area contributed by atoms with Crippen molar-refractivity contribution in [1.29, 1.82) is 0 Å². The fraction of sp³-hybridized carbons (Fsp3) is 0.500. The third kappa shape index (κ3) is 2.81. The van der Waals surface area contributed by atoms with Gasteiger partial charge in [-0.1, -0.05) is 12.1 Å². The molecule has 0 aliphatic carbocycles. The Morgan fingerprint density at radius 3 is 3.11 bits per heavy atom. The molecule has 1 aromatic carbocycles. The van der Waals surface area contributed by atoms with Gasteiger partial charge in [0.1, 0.15) is 6.04 Å². The number of morpholine rings is 1. The molecule has 1 unspecified atom stereocenters. The molecule has 1 saturated heterocycles. The van der Waals surface area contributed by atoms with Gasteiger partial charge in [0, 0.05) is 13.1 Å². The van der Waals surface area contributed by atoms with E-state index in [9.17, 15) is 4.79 Å². The molecule has 1 aliphatic heterocycles. The number of para-hydroxylation sites is 1. The predicted octanol–water partition coefficient (Wildman–Crippen LogP) is 0.919. The zero-order valence-corrected chi connectivity index (χ0v) is 11.5. The molecule has 3 N–H and O–H groups in total. The molecule has 1 heterocycles. The van der Waals surface area contributed by atoms with Crippen molar-refractivity contribution >= 4 is 17.3 Å². The molecule has 19 heavy (non-hydrogen) atoms. The number of carbonyl (C=O) groups excluding carboxylic acids is 1. The lowest BCUT2D eigenvalue weighted by Crippen LogP contribution is -2.54. The van der Waals surface area contributed by atoms with Crippen LogP contribution in [0.2, 0.25) is 0 Å². The number of anilines is 2. The normalized spacial score (nSPS) is 19.3. The van der Waals surface area contributed by atoms with Crippen LogP contribution >= 0.6 is 0 Å². The molecular formula is C14H21N3O2. The lowest BCUT2D eigenvalue weighted by Gasteiger charge is -2.37. The maximum Gasteiger partial charge on any atom is 0.245 e. The van der Waals surface area contributed by atoms with Gasteiger partial charge >= 0.3 is 0 Å². The summed E-state index contributed by atoms with van der Waals surface area (Å²) in [6.07, 6.45) is 0. The van der Waals surface area contributed by atoms with Gasteiger partial charge in [-0.3, -0.25) is 4.79 Å². The lowest BCUT2D eigenvalue weighted by molar-refractivity contribution is -0.124. The number of nitrogens with two attached hydrogens (primary N) is 1. The number of aryl methyl sites for hydroxylation is 1. The van der Waals surface area contributed by atoms with E-state index in [4.69, 9.17) is 10.5 Å². The van der Waals surface area contributed by atoms with Crippen molar-refractivity contribution in [3.63, 3.8) is 0 Å². The van der Waals surface area contributed by atoms with E-state index in [-0.39, 0.29) is 11.9 Å². The number of hydrogen-bond acceptors (Lipinski definition) is 4. The van der Waals surface area contributed by atoms with Crippen LogP contribution < -0.4 is 16.0 Å². The quantitative estimate of drug-likeness (QED) is 0.796. The molecule has 1 aliphatic rings. The van der Waals surface area contributed by atoms with Crippen LogP contribution in [0, 0.1) is 6.92 Å². The second kappa shape index (κ2) is 5.93. The summed E-state index contributed by atoms with van der Waals surface area (Å²) < 4.78 is 5.43. The third-order valence-corrected chi connectivity index (χ3v) is 3.39. The molecular weight excluding hydrogens is 242 g/mol. The lowest BCUT2D eigenvalue weighted by atomic mass is 10.1. The van der Waals surface area contributed by atoms with Crippen LogP contribution in [0.1, 0.15) is 12.5 Å². The molecule has 1 amide bonds. The average Bonchev–Trinajstić information content (AvgIpc) is 2.42. The SMILES string of the molecule is CCNC(=O)C1COCCN1c1cccc(C)c1N. The fourth-order valence-corrected chi connectivity index (χ4v) is 2.32. The summed E-state index contributed by atoms with van der Waals surface area (Å²) in [4.78, 5) is 14.1. The van der Waals surface area contributed by atoms with Gasteiger partial charge in [-0.05, 0) is 25.5 Å². The number of hydrogen-bond donors (Lipinski definition) is 2. The Kier molecular flexibility index (Phi) is 4.27. The van der Waals surface area contributed by atoms with E-state index < -0.39 is 0 Å². The van der Waals surface area contributed by atoms with Crippen molar-refractivity contribution in [2.24, 2.45) is 0 Å². The Morgan fingerprint density at radius 1 is 1.58 bits per heavy atom. The van der Waals surface area contributed by atoms with Gasteiger partial charge in [-0.2, -0.15) is 0 Å². The number of carbonyl (C=O) groups is 1. The monoisotopic (exact) mass is 263 g/mol. The van der Waals surface area contributed by atoms with Gasteiger partial charge in [0.25, 0.3) is 0 Å². The van der Waals surface area contributed by atoms with E-state index in [1.165, 1.54) is 0 Å². The van der Waals surface area contributed by atoms with Gasteiger partial charge < -0.3 is 20.7 Å². The van der Waals surface area contributed by atoms with Crippen LogP contribution in [-0.4, -0.2) is 38.3 Å². The molecule has 0 spiro atoms. The van der Waals surface area contributed by atoms with Crippen molar-refractivity contribution in [2.45, 2.75) is 19.9 Å². The Balaban J connectivity index is 2.29. The first kappa shape index (κ1) is 13.7. The minimum absolute atomic E-state index is 0.0110. The highest BCUT2D eigenvalue weighted by molar-refractivity contribution is 5.87. The number of nitrogens with one attached hydrogen (secondary N) is 1. The van der Waals surface area contributed by atoms with Gasteiger partial charge in [-0.15, -0.1) is 0 Å². The molecule has 104 valence electrons. The summed E-state index contributed by atoms with van der Waals surface area (Å²) in [5, 5.41) is 2.85. The van der Waals surface area contributed by atoms with E-state index in [1.54, 1.807) is 0 Å². The standard InChI is InChI=1S/C14H21N3O2/c1-3-16-14(18)12-9-19-8-7-17(12)11-6-4-5-10(2)13(11)15/h4-6,12H,3,7-9,15H2,1-2H3,(H,16,18). The van der Waals surface area contributed by atoms with Crippen LogP contribution in [0.25, 0.3) is 0 Å². The summed E-state index contributed by atoms with van der Waals surface area (Å²) in [5.41, 5.74) is 8.81. The van der Waals surface area contributed by atoms with E-state index >= 15 is 0 Å². The summed E-state index contributed by atoms with van der Waals surface area (Å²) in [6.45, 7) is 6.19. The molecule has 2 rings (SSSR count). The molecule has 5 nitrogen and oxygen atoms in total. The molecule has 5 heteroatoms. The van der Waals surface area contributed by atoms with Crippen LogP contribution in [0.4, 0.5) is 11.4 Å². The summed E-state index contributed by atoms with van der Waals surface area (Å²) in [7, 11) is 0. The van der Waals surface area contributed by atoms with E-state index in [0.29, 0.717) is 26.3 Å².